The second kappa shape index (κ2) is 9.25. The summed E-state index contributed by atoms with van der Waals surface area (Å²) in [6, 6.07) is 24.5. The van der Waals surface area contributed by atoms with E-state index in [2.05, 4.69) is 56.1 Å². The Bertz CT molecular complexity index is 1290. The van der Waals surface area contributed by atoms with Crippen molar-refractivity contribution in [3.63, 3.8) is 0 Å². The maximum Gasteiger partial charge on any atom is 0.252 e. The molecular weight excluding hydrogens is 455 g/mol. The van der Waals surface area contributed by atoms with Crippen molar-refractivity contribution in [2.24, 2.45) is 5.10 Å². The summed E-state index contributed by atoms with van der Waals surface area (Å²) < 4.78 is 2.07. The first kappa shape index (κ1) is 22.8. The molecule has 0 bridgehead atoms. The lowest BCUT2D eigenvalue weighted by Crippen LogP contribution is -2.20. The van der Waals surface area contributed by atoms with Gasteiger partial charge < -0.3 is 4.90 Å². The van der Waals surface area contributed by atoms with E-state index < -0.39 is 0 Å². The van der Waals surface area contributed by atoms with E-state index in [0.717, 1.165) is 39.6 Å². The Morgan fingerprint density at radius 3 is 2.27 bits per heavy atom. The van der Waals surface area contributed by atoms with Gasteiger partial charge in [-0.25, -0.2) is 5.01 Å². The van der Waals surface area contributed by atoms with E-state index in [9.17, 15) is 0 Å². The van der Waals surface area contributed by atoms with E-state index in [4.69, 9.17) is 16.7 Å². The van der Waals surface area contributed by atoms with Crippen LogP contribution in [0.2, 0.25) is 5.02 Å². The number of para-hydroxylation sites is 1. The number of aromatic nitrogens is 3. The van der Waals surface area contributed by atoms with Gasteiger partial charge in [0.2, 0.25) is 0 Å². The number of hydrazone groups is 1. The molecule has 3 aromatic carbocycles. The van der Waals surface area contributed by atoms with Crippen LogP contribution in [0.1, 0.15) is 22.5 Å². The molecule has 0 radical (unpaired) electrons. The van der Waals surface area contributed by atoms with Gasteiger partial charge in [0.05, 0.1) is 12.2 Å². The van der Waals surface area contributed by atoms with Gasteiger partial charge in [-0.3, -0.25) is 4.57 Å². The molecule has 0 spiro atoms. The Hall–Kier alpha value is -3.35. The molecule has 0 saturated heterocycles. The number of hydrogen-bond donors (Lipinski definition) is 0. The van der Waals surface area contributed by atoms with Gasteiger partial charge in [0.25, 0.3) is 5.95 Å². The van der Waals surface area contributed by atoms with Crippen molar-refractivity contribution in [3.05, 3.63) is 100 Å². The van der Waals surface area contributed by atoms with Gasteiger partial charge in [0, 0.05) is 35.9 Å². The normalized spacial score (nSPS) is 12.2. The third-order valence-electron chi connectivity index (χ3n) is 5.56. The highest BCUT2D eigenvalue weighted by Crippen LogP contribution is 2.31. The SMILES string of the molecule is Cc1nnc2n1-c1ccccc1C(c1ccc(Cl)cc1)=NN2Cc1ccc(N(C)C)cc1.Cl. The zero-order valence-electron chi connectivity index (χ0n) is 18.6. The van der Waals surface area contributed by atoms with Crippen LogP contribution in [0.25, 0.3) is 5.69 Å². The average Bonchev–Trinajstić information content (AvgIpc) is 3.12. The topological polar surface area (TPSA) is 49.6 Å². The van der Waals surface area contributed by atoms with E-state index in [1.54, 1.807) is 0 Å². The summed E-state index contributed by atoms with van der Waals surface area (Å²) in [6.45, 7) is 2.53. The third kappa shape index (κ3) is 4.32. The zero-order chi connectivity index (χ0) is 22.2. The molecule has 1 aliphatic rings. The lowest BCUT2D eigenvalue weighted by atomic mass is 10.0. The molecule has 8 heteroatoms. The third-order valence-corrected chi connectivity index (χ3v) is 5.81. The Labute approximate surface area is 204 Å². The van der Waals surface area contributed by atoms with Crippen molar-refractivity contribution in [1.29, 1.82) is 0 Å². The predicted molar refractivity (Wildman–Crippen MR) is 137 cm³/mol. The summed E-state index contributed by atoms with van der Waals surface area (Å²) in [6.07, 6.45) is 0. The zero-order valence-corrected chi connectivity index (χ0v) is 20.2. The van der Waals surface area contributed by atoms with Crippen LogP contribution in [-0.4, -0.2) is 34.6 Å². The summed E-state index contributed by atoms with van der Waals surface area (Å²) in [4.78, 5) is 2.09. The Kier molecular flexibility index (Phi) is 6.40. The van der Waals surface area contributed by atoms with Gasteiger partial charge in [-0.15, -0.1) is 22.6 Å². The molecule has 0 fully saturated rings. The van der Waals surface area contributed by atoms with Crippen molar-refractivity contribution >= 4 is 41.4 Å². The summed E-state index contributed by atoms with van der Waals surface area (Å²) in [5.74, 6) is 1.50. The Morgan fingerprint density at radius 1 is 0.879 bits per heavy atom. The molecule has 0 unspecified atom stereocenters. The molecule has 4 aromatic rings. The van der Waals surface area contributed by atoms with Gasteiger partial charge in [0.15, 0.2) is 0 Å². The van der Waals surface area contributed by atoms with E-state index >= 15 is 0 Å². The average molecular weight is 479 g/mol. The van der Waals surface area contributed by atoms with Crippen LogP contribution in [0.15, 0.2) is 77.9 Å². The van der Waals surface area contributed by atoms with Gasteiger partial charge in [-0.05, 0) is 42.8 Å². The Balaban J connectivity index is 0.00000259. The number of rotatable bonds is 4. The van der Waals surface area contributed by atoms with E-state index in [1.165, 1.54) is 0 Å². The van der Waals surface area contributed by atoms with E-state index in [1.807, 2.05) is 62.4 Å². The fourth-order valence-electron chi connectivity index (χ4n) is 3.89. The van der Waals surface area contributed by atoms with Crippen LogP contribution in [0.3, 0.4) is 0 Å². The molecular formula is C25H24Cl2N6. The second-order valence-electron chi connectivity index (χ2n) is 7.97. The Morgan fingerprint density at radius 2 is 1.58 bits per heavy atom. The predicted octanol–water partition coefficient (Wildman–Crippen LogP) is 5.49. The van der Waals surface area contributed by atoms with Crippen molar-refractivity contribution in [2.75, 3.05) is 24.0 Å². The van der Waals surface area contributed by atoms with E-state index in [-0.39, 0.29) is 12.4 Å². The molecule has 6 nitrogen and oxygen atoms in total. The highest BCUT2D eigenvalue weighted by Gasteiger charge is 2.26. The summed E-state index contributed by atoms with van der Waals surface area (Å²) >= 11 is 6.15. The summed E-state index contributed by atoms with van der Waals surface area (Å²) in [7, 11) is 4.07. The maximum atomic E-state index is 6.15. The molecule has 2 heterocycles. The second-order valence-corrected chi connectivity index (χ2v) is 8.41. The number of anilines is 2. The van der Waals surface area contributed by atoms with Crippen molar-refractivity contribution in [2.45, 2.75) is 13.5 Å². The fraction of sp³-hybridized carbons (Fsp3) is 0.160. The maximum absolute atomic E-state index is 6.15. The molecule has 0 aliphatic carbocycles. The quantitative estimate of drug-likeness (QED) is 0.389. The minimum atomic E-state index is 0. The number of nitrogens with zero attached hydrogens (tertiary/aromatic N) is 6. The van der Waals surface area contributed by atoms with Gasteiger partial charge in [-0.1, -0.05) is 54.1 Å². The van der Waals surface area contributed by atoms with Gasteiger partial charge in [-0.2, -0.15) is 5.10 Å². The standard InChI is InChI=1S/C25H23ClN6.ClH/c1-17-27-28-25-31(16-18-8-14-21(15-9-18)30(2)3)29-24(19-10-12-20(26)13-11-19)22-6-4-5-7-23(22)32(17)25;/h4-15H,16H2,1-3H3;1H. The van der Waals surface area contributed by atoms with Crippen LogP contribution in [0, 0.1) is 6.92 Å². The molecule has 5 rings (SSSR count). The first-order valence-electron chi connectivity index (χ1n) is 10.4. The van der Waals surface area contributed by atoms with Crippen LogP contribution in [0.5, 0.6) is 0 Å². The highest BCUT2D eigenvalue weighted by molar-refractivity contribution is 6.30. The highest BCUT2D eigenvalue weighted by atomic mass is 35.5. The van der Waals surface area contributed by atoms with Crippen LogP contribution >= 0.6 is 24.0 Å². The fourth-order valence-corrected chi connectivity index (χ4v) is 4.01. The van der Waals surface area contributed by atoms with Crippen molar-refractivity contribution in [3.8, 4) is 5.69 Å². The lowest BCUT2D eigenvalue weighted by molar-refractivity contribution is 0.796. The van der Waals surface area contributed by atoms with Crippen molar-refractivity contribution in [1.82, 2.24) is 14.8 Å². The monoisotopic (exact) mass is 478 g/mol. The molecule has 0 amide bonds. The molecule has 1 aromatic heterocycles. The number of aryl methyl sites for hydroxylation is 1. The summed E-state index contributed by atoms with van der Waals surface area (Å²) in [5.41, 5.74) is 6.17. The number of hydrogen-bond acceptors (Lipinski definition) is 5. The molecule has 1 aliphatic heterocycles. The van der Waals surface area contributed by atoms with E-state index in [0.29, 0.717) is 17.5 Å². The van der Waals surface area contributed by atoms with Crippen molar-refractivity contribution < 1.29 is 0 Å². The van der Waals surface area contributed by atoms with Crippen LogP contribution in [0.4, 0.5) is 11.6 Å². The molecule has 0 N–H and O–H groups in total. The number of halogens is 2. The first-order valence-corrected chi connectivity index (χ1v) is 10.8. The van der Waals surface area contributed by atoms with Crippen LogP contribution in [-0.2, 0) is 6.54 Å². The van der Waals surface area contributed by atoms with Gasteiger partial charge in [0.1, 0.15) is 11.5 Å². The first-order chi connectivity index (χ1) is 15.5. The smallest absolute Gasteiger partial charge is 0.252 e. The molecule has 0 atom stereocenters. The minimum absolute atomic E-state index is 0. The molecule has 33 heavy (non-hydrogen) atoms. The van der Waals surface area contributed by atoms with Crippen LogP contribution < -0.4 is 9.91 Å². The number of fused-ring (bicyclic) bond motifs is 3. The lowest BCUT2D eigenvalue weighted by Gasteiger charge is -2.19. The molecule has 168 valence electrons. The molecule has 0 saturated carbocycles. The summed E-state index contributed by atoms with van der Waals surface area (Å²) in [5, 5.41) is 16.6. The van der Waals surface area contributed by atoms with Gasteiger partial charge >= 0.3 is 0 Å². The number of benzene rings is 3. The largest absolute Gasteiger partial charge is 0.378 e. The minimum Gasteiger partial charge on any atom is -0.378 e.